The van der Waals surface area contributed by atoms with Crippen LogP contribution in [0.4, 0.5) is 5.69 Å². The first-order chi connectivity index (χ1) is 8.24. The van der Waals surface area contributed by atoms with E-state index in [0.29, 0.717) is 17.3 Å². The molecule has 7 heteroatoms. The van der Waals surface area contributed by atoms with Crippen molar-refractivity contribution in [1.29, 1.82) is 0 Å². The summed E-state index contributed by atoms with van der Waals surface area (Å²) in [6.45, 7) is 0. The van der Waals surface area contributed by atoms with E-state index in [1.807, 2.05) is 12.1 Å². The topological polar surface area (TPSA) is 102 Å². The van der Waals surface area contributed by atoms with Gasteiger partial charge in [0.2, 0.25) is 0 Å². The van der Waals surface area contributed by atoms with E-state index in [4.69, 9.17) is 5.73 Å². The van der Waals surface area contributed by atoms with Gasteiger partial charge < -0.3 is 5.73 Å². The van der Waals surface area contributed by atoms with Crippen LogP contribution in [0.25, 0.3) is 17.2 Å². The fourth-order valence-corrected chi connectivity index (χ4v) is 1.58. The van der Waals surface area contributed by atoms with Crippen molar-refractivity contribution in [3.63, 3.8) is 0 Å². The van der Waals surface area contributed by atoms with Crippen molar-refractivity contribution in [2.45, 2.75) is 0 Å². The molecule has 2 heterocycles. The minimum Gasteiger partial charge on any atom is -0.399 e. The second-order valence-electron chi connectivity index (χ2n) is 3.52. The highest BCUT2D eigenvalue weighted by molar-refractivity contribution is 5.62. The Balaban J connectivity index is 2.28. The van der Waals surface area contributed by atoms with Crippen molar-refractivity contribution in [1.82, 2.24) is 24.8 Å². The van der Waals surface area contributed by atoms with Crippen LogP contribution in [0.15, 0.2) is 35.3 Å². The van der Waals surface area contributed by atoms with Gasteiger partial charge in [0, 0.05) is 11.3 Å². The number of aromatic amines is 1. The van der Waals surface area contributed by atoms with Crippen LogP contribution in [0.2, 0.25) is 0 Å². The minimum atomic E-state index is -0.316. The van der Waals surface area contributed by atoms with Gasteiger partial charge in [-0.2, -0.15) is 9.61 Å². The van der Waals surface area contributed by atoms with Crippen molar-refractivity contribution >= 4 is 11.5 Å². The number of rotatable bonds is 1. The molecule has 17 heavy (non-hydrogen) atoms. The van der Waals surface area contributed by atoms with Crippen LogP contribution >= 0.6 is 0 Å². The SMILES string of the molecule is Nc1cccc(-c2nnc3[nH]c(=O)cnn23)c1. The van der Waals surface area contributed by atoms with Gasteiger partial charge in [-0.1, -0.05) is 12.1 Å². The van der Waals surface area contributed by atoms with E-state index in [0.717, 1.165) is 5.56 Å². The number of benzene rings is 1. The van der Waals surface area contributed by atoms with Crippen LogP contribution in [0, 0.1) is 0 Å². The Labute approximate surface area is 94.9 Å². The molecule has 0 aliphatic rings. The summed E-state index contributed by atoms with van der Waals surface area (Å²) in [5, 5.41) is 11.8. The Morgan fingerprint density at radius 2 is 2.18 bits per heavy atom. The van der Waals surface area contributed by atoms with Gasteiger partial charge >= 0.3 is 0 Å². The van der Waals surface area contributed by atoms with E-state index in [1.165, 1.54) is 10.7 Å². The van der Waals surface area contributed by atoms with E-state index in [1.54, 1.807) is 12.1 Å². The van der Waals surface area contributed by atoms with Crippen LogP contribution in [-0.4, -0.2) is 24.8 Å². The third-order valence-electron chi connectivity index (χ3n) is 2.31. The molecule has 3 rings (SSSR count). The summed E-state index contributed by atoms with van der Waals surface area (Å²) < 4.78 is 1.45. The normalized spacial score (nSPS) is 10.8. The van der Waals surface area contributed by atoms with Crippen LogP contribution < -0.4 is 11.3 Å². The monoisotopic (exact) mass is 228 g/mol. The molecule has 0 spiro atoms. The molecule has 0 aliphatic carbocycles. The van der Waals surface area contributed by atoms with Gasteiger partial charge in [0.25, 0.3) is 11.3 Å². The minimum absolute atomic E-state index is 0.301. The number of hydrogen-bond donors (Lipinski definition) is 2. The van der Waals surface area contributed by atoms with Crippen molar-refractivity contribution in [2.24, 2.45) is 0 Å². The van der Waals surface area contributed by atoms with E-state index in [-0.39, 0.29) is 5.56 Å². The predicted molar refractivity (Wildman–Crippen MR) is 61.3 cm³/mol. The van der Waals surface area contributed by atoms with Gasteiger partial charge in [-0.05, 0) is 12.1 Å². The van der Waals surface area contributed by atoms with Crippen molar-refractivity contribution in [2.75, 3.05) is 5.73 Å². The van der Waals surface area contributed by atoms with Crippen LogP contribution in [0.1, 0.15) is 0 Å². The molecule has 2 aromatic heterocycles. The number of nitrogens with two attached hydrogens (primary N) is 1. The molecule has 0 unspecified atom stereocenters. The van der Waals surface area contributed by atoms with E-state index < -0.39 is 0 Å². The van der Waals surface area contributed by atoms with Gasteiger partial charge in [0.15, 0.2) is 5.82 Å². The number of anilines is 1. The van der Waals surface area contributed by atoms with Gasteiger partial charge in [-0.15, -0.1) is 10.2 Å². The molecule has 0 saturated carbocycles. The van der Waals surface area contributed by atoms with Gasteiger partial charge in [-0.3, -0.25) is 9.78 Å². The third-order valence-corrected chi connectivity index (χ3v) is 2.31. The van der Waals surface area contributed by atoms with E-state index in [2.05, 4.69) is 20.3 Å². The number of H-pyrrole nitrogens is 1. The van der Waals surface area contributed by atoms with Crippen molar-refractivity contribution < 1.29 is 0 Å². The largest absolute Gasteiger partial charge is 0.399 e. The lowest BCUT2D eigenvalue weighted by Gasteiger charge is -1.99. The Hall–Kier alpha value is -2.70. The first-order valence-electron chi connectivity index (χ1n) is 4.91. The zero-order valence-electron chi connectivity index (χ0n) is 8.66. The first kappa shape index (κ1) is 9.52. The maximum Gasteiger partial charge on any atom is 0.271 e. The quantitative estimate of drug-likeness (QED) is 0.573. The smallest absolute Gasteiger partial charge is 0.271 e. The molecule has 0 saturated heterocycles. The number of nitrogens with one attached hydrogen (secondary N) is 1. The molecule has 3 N–H and O–H groups in total. The summed E-state index contributed by atoms with van der Waals surface area (Å²) in [6.07, 6.45) is 1.17. The molecule has 0 atom stereocenters. The van der Waals surface area contributed by atoms with Crippen molar-refractivity contribution in [3.8, 4) is 11.4 Å². The molecule has 0 aliphatic heterocycles. The highest BCUT2D eigenvalue weighted by atomic mass is 16.1. The maximum atomic E-state index is 11.1. The number of fused-ring (bicyclic) bond motifs is 1. The van der Waals surface area contributed by atoms with Gasteiger partial charge in [-0.25, -0.2) is 0 Å². The summed E-state index contributed by atoms with van der Waals surface area (Å²) in [4.78, 5) is 13.6. The fourth-order valence-electron chi connectivity index (χ4n) is 1.58. The number of hydrogen-bond acceptors (Lipinski definition) is 5. The lowest BCUT2D eigenvalue weighted by Crippen LogP contribution is -2.09. The first-order valence-corrected chi connectivity index (χ1v) is 4.91. The number of nitrogen functional groups attached to an aromatic ring is 1. The summed E-state index contributed by atoms with van der Waals surface area (Å²) >= 11 is 0. The van der Waals surface area contributed by atoms with Crippen LogP contribution in [0.3, 0.4) is 0 Å². The maximum absolute atomic E-state index is 11.1. The molecule has 84 valence electrons. The molecule has 0 amide bonds. The summed E-state index contributed by atoms with van der Waals surface area (Å²) in [5.74, 6) is 0.832. The summed E-state index contributed by atoms with van der Waals surface area (Å²) in [7, 11) is 0. The molecule has 7 nitrogen and oxygen atoms in total. The molecule has 0 fully saturated rings. The summed E-state index contributed by atoms with van der Waals surface area (Å²) in [5.41, 5.74) is 6.80. The molecule has 1 aromatic carbocycles. The zero-order chi connectivity index (χ0) is 11.8. The van der Waals surface area contributed by atoms with Gasteiger partial charge in [0.05, 0.1) is 0 Å². The van der Waals surface area contributed by atoms with Crippen molar-refractivity contribution in [3.05, 3.63) is 40.8 Å². The molecular weight excluding hydrogens is 220 g/mol. The Bertz CT molecular complexity index is 744. The molecule has 3 aromatic rings. The third kappa shape index (κ3) is 1.53. The summed E-state index contributed by atoms with van der Waals surface area (Å²) in [6, 6.07) is 7.21. The van der Waals surface area contributed by atoms with E-state index in [9.17, 15) is 4.79 Å². The standard InChI is InChI=1S/C10H8N6O/c11-7-3-1-2-6(4-7)9-14-15-10-13-8(17)5-12-16(9)10/h1-5H,11H2,(H,13,15,17). The molecule has 0 bridgehead atoms. The van der Waals surface area contributed by atoms with E-state index >= 15 is 0 Å². The Morgan fingerprint density at radius 1 is 1.29 bits per heavy atom. The lowest BCUT2D eigenvalue weighted by atomic mass is 10.2. The zero-order valence-corrected chi connectivity index (χ0v) is 8.66. The predicted octanol–water partition coefficient (Wildman–Crippen LogP) is 0.0618. The average molecular weight is 228 g/mol. The Morgan fingerprint density at radius 3 is 3.00 bits per heavy atom. The second-order valence-corrected chi connectivity index (χ2v) is 3.52. The highest BCUT2D eigenvalue weighted by Crippen LogP contribution is 2.18. The van der Waals surface area contributed by atoms with Gasteiger partial charge in [0.1, 0.15) is 6.20 Å². The molecule has 0 radical (unpaired) electrons. The van der Waals surface area contributed by atoms with Crippen LogP contribution in [-0.2, 0) is 0 Å². The second kappa shape index (κ2) is 3.41. The highest BCUT2D eigenvalue weighted by Gasteiger charge is 2.09. The fraction of sp³-hybridized carbons (Fsp3) is 0. The van der Waals surface area contributed by atoms with Crippen LogP contribution in [0.5, 0.6) is 0 Å². The average Bonchev–Trinajstić information content (AvgIpc) is 2.71. The number of nitrogens with zero attached hydrogens (tertiary/aromatic N) is 4. The Kier molecular flexibility index (Phi) is 1.91. The lowest BCUT2D eigenvalue weighted by molar-refractivity contribution is 0.891. The molecular formula is C10H8N6O. The number of aromatic nitrogens is 5.